The van der Waals surface area contributed by atoms with Crippen molar-refractivity contribution in [1.29, 1.82) is 0 Å². The van der Waals surface area contributed by atoms with Gasteiger partial charge in [0, 0.05) is 13.1 Å². The van der Waals surface area contributed by atoms with Crippen LogP contribution >= 0.6 is 0 Å². The van der Waals surface area contributed by atoms with Crippen LogP contribution in [-0.4, -0.2) is 84.1 Å². The first-order valence-electron chi connectivity index (χ1n) is 8.11. The van der Waals surface area contributed by atoms with E-state index in [-0.39, 0.29) is 18.4 Å². The molecule has 0 aromatic carbocycles. The van der Waals surface area contributed by atoms with Gasteiger partial charge in [-0.3, -0.25) is 9.59 Å². The summed E-state index contributed by atoms with van der Waals surface area (Å²) in [6.45, 7) is 2.26. The molecule has 0 unspecified atom stereocenters. The van der Waals surface area contributed by atoms with Gasteiger partial charge in [-0.15, -0.1) is 0 Å². The Morgan fingerprint density at radius 2 is 1.96 bits per heavy atom. The Kier molecular flexibility index (Phi) is 4.77. The second kappa shape index (κ2) is 6.82. The van der Waals surface area contributed by atoms with Crippen LogP contribution < -0.4 is 4.90 Å². The molecule has 0 radical (unpaired) electrons. The van der Waals surface area contributed by atoms with E-state index in [0.717, 1.165) is 12.8 Å². The molecule has 130 valence electrons. The summed E-state index contributed by atoms with van der Waals surface area (Å²) in [6.07, 6.45) is 6.17. The summed E-state index contributed by atoms with van der Waals surface area (Å²) < 4.78 is 5.90. The van der Waals surface area contributed by atoms with Crippen molar-refractivity contribution < 1.29 is 14.3 Å². The van der Waals surface area contributed by atoms with Crippen LogP contribution in [0.5, 0.6) is 0 Å². The van der Waals surface area contributed by atoms with Crippen LogP contribution in [0, 0.1) is 0 Å². The summed E-state index contributed by atoms with van der Waals surface area (Å²) in [5, 5.41) is 0. The molecule has 1 spiro atoms. The molecule has 2 saturated heterocycles. The number of nitrogens with zero attached hydrogens (tertiary/aromatic N) is 5. The number of ether oxygens (including phenoxy) is 1. The molecule has 3 heterocycles. The SMILES string of the molecule is CN(C)CC(=O)N1CCC2(CC1)CN(c1cncnc1)C(=O)CO2. The standard InChI is InChI=1S/C16H23N5O3/c1-19(2)9-14(22)20-5-3-16(4-6-20)11-21(15(23)10-24-16)13-7-17-12-18-8-13/h7-8,12H,3-6,9-11H2,1-2H3. The third-order valence-electron chi connectivity index (χ3n) is 4.59. The number of hydrogen-bond donors (Lipinski definition) is 0. The molecule has 0 saturated carbocycles. The van der Waals surface area contributed by atoms with E-state index >= 15 is 0 Å². The predicted octanol–water partition coefficient (Wildman–Crippen LogP) is -0.237. The number of carbonyl (C=O) groups is 2. The highest BCUT2D eigenvalue weighted by Gasteiger charge is 2.43. The molecule has 0 N–H and O–H groups in total. The maximum absolute atomic E-state index is 12.2. The van der Waals surface area contributed by atoms with Crippen LogP contribution in [0.25, 0.3) is 0 Å². The zero-order valence-corrected chi connectivity index (χ0v) is 14.1. The normalized spacial score (nSPS) is 20.7. The molecule has 8 heteroatoms. The fourth-order valence-electron chi connectivity index (χ4n) is 3.22. The highest BCUT2D eigenvalue weighted by Crippen LogP contribution is 2.32. The number of amides is 2. The topological polar surface area (TPSA) is 78.9 Å². The van der Waals surface area contributed by atoms with Gasteiger partial charge in [-0.25, -0.2) is 9.97 Å². The lowest BCUT2D eigenvalue weighted by molar-refractivity contribution is -0.150. The van der Waals surface area contributed by atoms with Gasteiger partial charge in [0.2, 0.25) is 5.91 Å². The Labute approximate surface area is 141 Å². The van der Waals surface area contributed by atoms with Crippen molar-refractivity contribution in [2.24, 2.45) is 0 Å². The summed E-state index contributed by atoms with van der Waals surface area (Å²) in [5.74, 6) is 0.0524. The summed E-state index contributed by atoms with van der Waals surface area (Å²) in [4.78, 5) is 37.8. The van der Waals surface area contributed by atoms with Crippen LogP contribution in [0.2, 0.25) is 0 Å². The van der Waals surface area contributed by atoms with E-state index in [1.54, 1.807) is 17.3 Å². The van der Waals surface area contributed by atoms with Crippen molar-refractivity contribution in [3.8, 4) is 0 Å². The van der Waals surface area contributed by atoms with Gasteiger partial charge in [-0.05, 0) is 26.9 Å². The zero-order valence-electron chi connectivity index (χ0n) is 14.1. The Hall–Kier alpha value is -2.06. The molecule has 0 atom stereocenters. The van der Waals surface area contributed by atoms with Gasteiger partial charge >= 0.3 is 0 Å². The van der Waals surface area contributed by atoms with E-state index in [2.05, 4.69) is 9.97 Å². The Morgan fingerprint density at radius 1 is 1.29 bits per heavy atom. The lowest BCUT2D eigenvalue weighted by Gasteiger charge is -2.46. The van der Waals surface area contributed by atoms with Gasteiger partial charge in [0.15, 0.2) is 0 Å². The second-order valence-corrected chi connectivity index (χ2v) is 6.67. The number of likely N-dealkylation sites (tertiary alicyclic amines) is 1. The monoisotopic (exact) mass is 333 g/mol. The smallest absolute Gasteiger partial charge is 0.253 e. The van der Waals surface area contributed by atoms with Crippen LogP contribution in [0.1, 0.15) is 12.8 Å². The minimum Gasteiger partial charge on any atom is -0.363 e. The Morgan fingerprint density at radius 3 is 2.58 bits per heavy atom. The van der Waals surface area contributed by atoms with Crippen molar-refractivity contribution in [2.45, 2.75) is 18.4 Å². The zero-order chi connectivity index (χ0) is 17.2. The van der Waals surface area contributed by atoms with E-state index in [4.69, 9.17) is 4.74 Å². The minimum absolute atomic E-state index is 0.0561. The average Bonchev–Trinajstić information content (AvgIpc) is 2.58. The van der Waals surface area contributed by atoms with Crippen molar-refractivity contribution in [3.63, 3.8) is 0 Å². The van der Waals surface area contributed by atoms with Gasteiger partial charge in [0.1, 0.15) is 12.9 Å². The summed E-state index contributed by atoms with van der Waals surface area (Å²) in [5.41, 5.74) is 0.301. The number of hydrogen-bond acceptors (Lipinski definition) is 6. The molecule has 2 aliphatic rings. The first kappa shape index (κ1) is 16.8. The average molecular weight is 333 g/mol. The van der Waals surface area contributed by atoms with Gasteiger partial charge in [-0.2, -0.15) is 0 Å². The number of piperidine rings is 1. The number of aromatic nitrogens is 2. The van der Waals surface area contributed by atoms with Crippen molar-refractivity contribution in [2.75, 3.05) is 51.8 Å². The molecular weight excluding hydrogens is 310 g/mol. The molecule has 24 heavy (non-hydrogen) atoms. The number of carbonyl (C=O) groups excluding carboxylic acids is 2. The third kappa shape index (κ3) is 3.54. The maximum atomic E-state index is 12.2. The molecule has 8 nitrogen and oxygen atoms in total. The van der Waals surface area contributed by atoms with Crippen LogP contribution in [0.4, 0.5) is 5.69 Å². The third-order valence-corrected chi connectivity index (χ3v) is 4.59. The summed E-state index contributed by atoms with van der Waals surface area (Å²) in [7, 11) is 3.78. The molecule has 2 fully saturated rings. The van der Waals surface area contributed by atoms with Crippen LogP contribution in [0.3, 0.4) is 0 Å². The second-order valence-electron chi connectivity index (χ2n) is 6.67. The van der Waals surface area contributed by atoms with E-state index in [1.807, 2.05) is 23.9 Å². The number of likely N-dealkylation sites (N-methyl/N-ethyl adjacent to an activating group) is 1. The van der Waals surface area contributed by atoms with E-state index in [0.29, 0.717) is 31.9 Å². The fourth-order valence-corrected chi connectivity index (χ4v) is 3.22. The van der Waals surface area contributed by atoms with Gasteiger partial charge < -0.3 is 19.4 Å². The van der Waals surface area contributed by atoms with Gasteiger partial charge in [-0.1, -0.05) is 0 Å². The molecule has 2 aliphatic heterocycles. The number of morpholine rings is 1. The first-order valence-corrected chi connectivity index (χ1v) is 8.11. The van der Waals surface area contributed by atoms with E-state index < -0.39 is 5.60 Å². The lowest BCUT2D eigenvalue weighted by atomic mass is 9.89. The molecule has 0 bridgehead atoms. The fraction of sp³-hybridized carbons (Fsp3) is 0.625. The molecule has 1 aromatic rings. The maximum Gasteiger partial charge on any atom is 0.253 e. The highest BCUT2D eigenvalue weighted by molar-refractivity contribution is 5.94. The Balaban J connectivity index is 1.65. The van der Waals surface area contributed by atoms with Crippen molar-refractivity contribution in [3.05, 3.63) is 18.7 Å². The predicted molar refractivity (Wildman–Crippen MR) is 87.4 cm³/mol. The summed E-state index contributed by atoms with van der Waals surface area (Å²) >= 11 is 0. The molecular formula is C16H23N5O3. The summed E-state index contributed by atoms with van der Waals surface area (Å²) in [6, 6.07) is 0. The van der Waals surface area contributed by atoms with Gasteiger partial charge in [0.05, 0.1) is 36.8 Å². The Bertz CT molecular complexity index is 599. The highest BCUT2D eigenvalue weighted by atomic mass is 16.5. The van der Waals surface area contributed by atoms with E-state index in [1.165, 1.54) is 6.33 Å². The van der Waals surface area contributed by atoms with Crippen molar-refractivity contribution >= 4 is 17.5 Å². The van der Waals surface area contributed by atoms with E-state index in [9.17, 15) is 9.59 Å². The quantitative estimate of drug-likeness (QED) is 0.760. The van der Waals surface area contributed by atoms with Gasteiger partial charge in [0.25, 0.3) is 5.91 Å². The number of anilines is 1. The first-order chi connectivity index (χ1) is 11.5. The van der Waals surface area contributed by atoms with Crippen LogP contribution in [0.15, 0.2) is 18.7 Å². The molecule has 2 amide bonds. The lowest BCUT2D eigenvalue weighted by Crippen LogP contribution is -2.59. The largest absolute Gasteiger partial charge is 0.363 e. The minimum atomic E-state index is -0.390. The molecule has 3 rings (SSSR count). The molecule has 0 aliphatic carbocycles. The molecule has 1 aromatic heterocycles. The number of rotatable bonds is 3. The van der Waals surface area contributed by atoms with Crippen molar-refractivity contribution in [1.82, 2.24) is 19.8 Å². The van der Waals surface area contributed by atoms with Crippen LogP contribution in [-0.2, 0) is 14.3 Å².